The van der Waals surface area contributed by atoms with Gasteiger partial charge in [0.1, 0.15) is 11.2 Å². The van der Waals surface area contributed by atoms with Crippen molar-refractivity contribution < 1.29 is 4.79 Å². The molecule has 0 bridgehead atoms. The summed E-state index contributed by atoms with van der Waals surface area (Å²) < 4.78 is 1.40. The molecule has 152 valence electrons. The second-order valence-corrected chi connectivity index (χ2v) is 7.29. The average Bonchev–Trinajstić information content (AvgIpc) is 2.72. The second kappa shape index (κ2) is 9.20. The van der Waals surface area contributed by atoms with Crippen LogP contribution in [0.4, 0.5) is 0 Å². The third kappa shape index (κ3) is 4.49. The number of halogens is 1. The highest BCUT2D eigenvalue weighted by Gasteiger charge is 2.22. The molecule has 1 N–H and O–H groups in total. The number of likely N-dealkylation sites (N-methyl/N-ethyl adjacent to an activating group) is 1. The van der Waals surface area contributed by atoms with Crippen LogP contribution in [0.1, 0.15) is 41.4 Å². The van der Waals surface area contributed by atoms with E-state index in [1.807, 2.05) is 37.3 Å². The minimum atomic E-state index is -0.442. The number of pyridine rings is 1. The Morgan fingerprint density at radius 1 is 1.21 bits per heavy atom. The van der Waals surface area contributed by atoms with Crippen LogP contribution in [0.15, 0.2) is 53.6 Å². The van der Waals surface area contributed by atoms with Gasteiger partial charge in [-0.05, 0) is 43.3 Å². The van der Waals surface area contributed by atoms with Crippen molar-refractivity contribution in [2.45, 2.75) is 26.8 Å². The van der Waals surface area contributed by atoms with Crippen molar-refractivity contribution in [3.8, 4) is 0 Å². The van der Waals surface area contributed by atoms with Crippen molar-refractivity contribution in [3.05, 3.63) is 80.9 Å². The van der Waals surface area contributed by atoms with E-state index in [2.05, 4.69) is 29.0 Å². The molecule has 29 heavy (non-hydrogen) atoms. The summed E-state index contributed by atoms with van der Waals surface area (Å²) in [7, 11) is 0. The number of benzene rings is 1. The minimum Gasteiger partial charge on any atom is -0.350 e. The molecule has 3 rings (SSSR count). The van der Waals surface area contributed by atoms with Crippen LogP contribution >= 0.6 is 11.6 Å². The van der Waals surface area contributed by atoms with E-state index in [0.717, 1.165) is 24.2 Å². The normalized spacial score (nSPS) is 12.3. The van der Waals surface area contributed by atoms with Crippen LogP contribution in [0.3, 0.4) is 0 Å². The van der Waals surface area contributed by atoms with Crippen molar-refractivity contribution in [1.82, 2.24) is 19.6 Å². The molecular formula is C22H25ClN4O2. The van der Waals surface area contributed by atoms with Crippen molar-refractivity contribution in [2.75, 3.05) is 19.6 Å². The predicted octanol–water partition coefficient (Wildman–Crippen LogP) is 3.47. The number of carbonyl (C=O) groups excluding carboxylic acids is 1. The molecule has 7 heteroatoms. The number of amides is 1. The van der Waals surface area contributed by atoms with E-state index in [4.69, 9.17) is 11.6 Å². The van der Waals surface area contributed by atoms with Crippen molar-refractivity contribution in [2.24, 2.45) is 0 Å². The van der Waals surface area contributed by atoms with Crippen LogP contribution < -0.4 is 10.9 Å². The Morgan fingerprint density at radius 2 is 1.93 bits per heavy atom. The zero-order valence-corrected chi connectivity index (χ0v) is 17.6. The molecule has 2 aromatic heterocycles. The first-order valence-corrected chi connectivity index (χ1v) is 10.1. The van der Waals surface area contributed by atoms with E-state index >= 15 is 0 Å². The van der Waals surface area contributed by atoms with Gasteiger partial charge in [-0.3, -0.25) is 18.9 Å². The average molecular weight is 413 g/mol. The molecule has 0 aliphatic rings. The fourth-order valence-corrected chi connectivity index (χ4v) is 3.73. The highest BCUT2D eigenvalue weighted by Crippen LogP contribution is 2.27. The molecule has 3 aromatic rings. The molecule has 0 radical (unpaired) electrons. The quantitative estimate of drug-likeness (QED) is 0.645. The third-order valence-corrected chi connectivity index (χ3v) is 5.41. The maximum Gasteiger partial charge on any atom is 0.270 e. The third-order valence-electron chi connectivity index (χ3n) is 5.07. The van der Waals surface area contributed by atoms with Crippen LogP contribution in [-0.4, -0.2) is 39.8 Å². The number of aryl methyl sites for hydroxylation is 1. The van der Waals surface area contributed by atoms with Crippen LogP contribution in [0, 0.1) is 6.92 Å². The van der Waals surface area contributed by atoms with Gasteiger partial charge in [-0.25, -0.2) is 4.98 Å². The number of nitrogens with zero attached hydrogens (tertiary/aromatic N) is 3. The standard InChI is InChI=1S/C22H25ClN4O2/c1-4-26(5-2)19(16-8-6-7-9-18(16)23)13-25-21(28)17-12-24-20-11-10-15(3)14-27(20)22(17)29/h6-12,14,19H,4-5,13H2,1-3H3,(H,25,28). The molecule has 0 saturated heterocycles. The highest BCUT2D eigenvalue weighted by molar-refractivity contribution is 6.31. The Labute approximate surface area is 175 Å². The SMILES string of the molecule is CCN(CC)C(CNC(=O)c1cnc2ccc(C)cn2c1=O)c1ccccc1Cl. The maximum absolute atomic E-state index is 12.8. The smallest absolute Gasteiger partial charge is 0.270 e. The largest absolute Gasteiger partial charge is 0.350 e. The van der Waals surface area contributed by atoms with Gasteiger partial charge in [0.25, 0.3) is 11.5 Å². The molecule has 1 amide bonds. The molecule has 0 spiro atoms. The van der Waals surface area contributed by atoms with Gasteiger partial charge >= 0.3 is 0 Å². The van der Waals surface area contributed by atoms with Gasteiger partial charge in [0.15, 0.2) is 0 Å². The summed E-state index contributed by atoms with van der Waals surface area (Å²) in [5, 5.41) is 3.56. The Kier molecular flexibility index (Phi) is 6.67. The van der Waals surface area contributed by atoms with Gasteiger partial charge in [-0.2, -0.15) is 0 Å². The van der Waals surface area contributed by atoms with E-state index < -0.39 is 5.91 Å². The lowest BCUT2D eigenvalue weighted by atomic mass is 10.0. The fourth-order valence-electron chi connectivity index (χ4n) is 3.47. The van der Waals surface area contributed by atoms with Crippen LogP contribution in [0.2, 0.25) is 5.02 Å². The lowest BCUT2D eigenvalue weighted by molar-refractivity contribution is 0.0933. The van der Waals surface area contributed by atoms with Crippen LogP contribution in [-0.2, 0) is 0 Å². The van der Waals surface area contributed by atoms with E-state index in [1.54, 1.807) is 12.3 Å². The van der Waals surface area contributed by atoms with E-state index in [9.17, 15) is 9.59 Å². The van der Waals surface area contributed by atoms with E-state index in [1.165, 1.54) is 10.6 Å². The molecule has 2 heterocycles. The summed E-state index contributed by atoms with van der Waals surface area (Å²) in [6.07, 6.45) is 3.02. The van der Waals surface area contributed by atoms with E-state index in [0.29, 0.717) is 17.2 Å². The van der Waals surface area contributed by atoms with Crippen LogP contribution in [0.5, 0.6) is 0 Å². The number of hydrogen-bond acceptors (Lipinski definition) is 4. The number of fused-ring (bicyclic) bond motifs is 1. The first kappa shape index (κ1) is 21.0. The Bertz CT molecular complexity index is 1080. The Morgan fingerprint density at radius 3 is 2.62 bits per heavy atom. The molecule has 0 aliphatic carbocycles. The highest BCUT2D eigenvalue weighted by atomic mass is 35.5. The summed E-state index contributed by atoms with van der Waals surface area (Å²) in [4.78, 5) is 32.0. The maximum atomic E-state index is 12.8. The summed E-state index contributed by atoms with van der Waals surface area (Å²) in [5.74, 6) is -0.442. The molecule has 1 atom stereocenters. The minimum absolute atomic E-state index is 0.0190. The summed E-state index contributed by atoms with van der Waals surface area (Å²) in [5.41, 5.74) is 2.01. The monoisotopic (exact) mass is 412 g/mol. The zero-order valence-electron chi connectivity index (χ0n) is 16.9. The van der Waals surface area contributed by atoms with Gasteiger partial charge in [-0.1, -0.05) is 49.7 Å². The Balaban J connectivity index is 1.87. The molecule has 0 saturated carbocycles. The molecule has 0 fully saturated rings. The second-order valence-electron chi connectivity index (χ2n) is 6.88. The van der Waals surface area contributed by atoms with Gasteiger partial charge in [-0.15, -0.1) is 0 Å². The summed E-state index contributed by atoms with van der Waals surface area (Å²) in [6, 6.07) is 11.2. The topological polar surface area (TPSA) is 66.7 Å². The van der Waals surface area contributed by atoms with Gasteiger partial charge in [0.2, 0.25) is 0 Å². The van der Waals surface area contributed by atoms with Crippen molar-refractivity contribution in [1.29, 1.82) is 0 Å². The lowest BCUT2D eigenvalue weighted by Crippen LogP contribution is -2.40. The lowest BCUT2D eigenvalue weighted by Gasteiger charge is -2.30. The van der Waals surface area contributed by atoms with Crippen LogP contribution in [0.25, 0.3) is 5.65 Å². The summed E-state index contributed by atoms with van der Waals surface area (Å²) >= 11 is 6.41. The number of nitrogens with one attached hydrogen (secondary N) is 1. The van der Waals surface area contributed by atoms with E-state index in [-0.39, 0.29) is 17.2 Å². The predicted molar refractivity (Wildman–Crippen MR) is 116 cm³/mol. The van der Waals surface area contributed by atoms with Gasteiger partial charge < -0.3 is 5.32 Å². The molecule has 1 aromatic carbocycles. The van der Waals surface area contributed by atoms with Crippen molar-refractivity contribution in [3.63, 3.8) is 0 Å². The van der Waals surface area contributed by atoms with Gasteiger partial charge in [0, 0.05) is 24.0 Å². The summed E-state index contributed by atoms with van der Waals surface area (Å²) in [6.45, 7) is 7.97. The zero-order chi connectivity index (χ0) is 21.0. The first-order chi connectivity index (χ1) is 14.0. The van der Waals surface area contributed by atoms with Gasteiger partial charge in [0.05, 0.1) is 6.04 Å². The molecule has 6 nitrogen and oxygen atoms in total. The number of carbonyl (C=O) groups is 1. The molecular weight excluding hydrogens is 388 g/mol. The first-order valence-electron chi connectivity index (χ1n) is 9.71. The molecule has 1 unspecified atom stereocenters. The van der Waals surface area contributed by atoms with Crippen molar-refractivity contribution >= 4 is 23.2 Å². The number of rotatable bonds is 7. The number of aromatic nitrogens is 2. The number of hydrogen-bond donors (Lipinski definition) is 1. The fraction of sp³-hybridized carbons (Fsp3) is 0.318. The molecule has 0 aliphatic heterocycles. The Hall–Kier alpha value is -2.70.